The quantitative estimate of drug-likeness (QED) is 0.710. The fraction of sp³-hybridized carbons (Fsp3) is 0.300. The highest BCUT2D eigenvalue weighted by atomic mass is 35.5. The van der Waals surface area contributed by atoms with Gasteiger partial charge in [-0.2, -0.15) is 0 Å². The first-order chi connectivity index (χ1) is 12.4. The van der Waals surface area contributed by atoms with Crippen molar-refractivity contribution in [2.75, 3.05) is 0 Å². The minimum atomic E-state index is -0.842. The van der Waals surface area contributed by atoms with Crippen LogP contribution in [0.1, 0.15) is 31.2 Å². The van der Waals surface area contributed by atoms with Crippen molar-refractivity contribution in [3.8, 4) is 0 Å². The lowest BCUT2D eigenvalue weighted by Crippen LogP contribution is -2.21. The van der Waals surface area contributed by atoms with Crippen molar-refractivity contribution in [2.45, 2.75) is 31.7 Å². The molecular formula is C20H18ClFN2O2. The zero-order valence-corrected chi connectivity index (χ0v) is 15.0. The van der Waals surface area contributed by atoms with Gasteiger partial charge in [0.2, 0.25) is 0 Å². The van der Waals surface area contributed by atoms with E-state index in [0.29, 0.717) is 17.1 Å². The molecule has 1 aliphatic carbocycles. The summed E-state index contributed by atoms with van der Waals surface area (Å²) in [7, 11) is 0. The summed E-state index contributed by atoms with van der Waals surface area (Å²) in [5.74, 6) is -0.242. The number of hydrogen-bond acceptors (Lipinski definition) is 2. The molecule has 1 aliphatic rings. The summed E-state index contributed by atoms with van der Waals surface area (Å²) >= 11 is 5.97. The van der Waals surface area contributed by atoms with Crippen molar-refractivity contribution in [3.05, 3.63) is 64.7 Å². The minimum absolute atomic E-state index is 0.0284. The van der Waals surface area contributed by atoms with Gasteiger partial charge in [-0.25, -0.2) is 9.37 Å². The molecule has 0 radical (unpaired) electrons. The maximum Gasteiger partial charge on any atom is 0.304 e. The van der Waals surface area contributed by atoms with Gasteiger partial charge in [-0.15, -0.1) is 0 Å². The number of imidazole rings is 1. The summed E-state index contributed by atoms with van der Waals surface area (Å²) in [5.41, 5.74) is 1.89. The molecule has 3 aromatic rings. The van der Waals surface area contributed by atoms with Crippen LogP contribution in [0.4, 0.5) is 4.39 Å². The summed E-state index contributed by atoms with van der Waals surface area (Å²) in [4.78, 5) is 16.1. The maximum atomic E-state index is 13.7. The van der Waals surface area contributed by atoms with E-state index < -0.39 is 11.4 Å². The number of halogens is 2. The van der Waals surface area contributed by atoms with Crippen LogP contribution in [0.15, 0.2) is 42.5 Å². The second kappa shape index (κ2) is 6.09. The summed E-state index contributed by atoms with van der Waals surface area (Å²) in [6.07, 6.45) is 0.798. The van der Waals surface area contributed by atoms with Crippen LogP contribution < -0.4 is 0 Å². The summed E-state index contributed by atoms with van der Waals surface area (Å²) in [6.45, 7) is 2.57. The van der Waals surface area contributed by atoms with E-state index in [2.05, 4.69) is 4.98 Å². The standard InChI is InChI=1S/C20H18ClFN2O2/c1-12-9-20(12,10-18(25)26)19-23-16-8-15(22)6-7-17(16)24(19)11-13-2-4-14(21)5-3-13/h2-8,12H,9-11H2,1H3,(H,25,26). The molecule has 1 fully saturated rings. The highest BCUT2D eigenvalue weighted by molar-refractivity contribution is 6.30. The van der Waals surface area contributed by atoms with Crippen molar-refractivity contribution in [1.82, 2.24) is 9.55 Å². The number of fused-ring (bicyclic) bond motifs is 1. The van der Waals surface area contributed by atoms with Gasteiger partial charge in [-0.1, -0.05) is 30.7 Å². The zero-order chi connectivity index (χ0) is 18.5. The van der Waals surface area contributed by atoms with E-state index in [4.69, 9.17) is 11.6 Å². The van der Waals surface area contributed by atoms with Gasteiger partial charge >= 0.3 is 5.97 Å². The van der Waals surface area contributed by atoms with Gasteiger partial charge < -0.3 is 9.67 Å². The van der Waals surface area contributed by atoms with Crippen LogP contribution in [0, 0.1) is 11.7 Å². The fourth-order valence-electron chi connectivity index (χ4n) is 3.81. The van der Waals surface area contributed by atoms with E-state index in [0.717, 1.165) is 23.3 Å². The molecule has 2 aromatic carbocycles. The number of carboxylic acids is 1. The lowest BCUT2D eigenvalue weighted by atomic mass is 9.98. The van der Waals surface area contributed by atoms with Crippen LogP contribution in [0.2, 0.25) is 5.02 Å². The number of aromatic nitrogens is 2. The van der Waals surface area contributed by atoms with E-state index in [1.54, 1.807) is 6.07 Å². The molecule has 2 atom stereocenters. The van der Waals surface area contributed by atoms with Crippen LogP contribution in [0.5, 0.6) is 0 Å². The number of rotatable bonds is 5. The molecule has 0 bridgehead atoms. The summed E-state index contributed by atoms with van der Waals surface area (Å²) in [6, 6.07) is 12.0. The SMILES string of the molecule is CC1CC1(CC(=O)O)c1nc2cc(F)ccc2n1Cc1ccc(Cl)cc1. The number of benzene rings is 2. The van der Waals surface area contributed by atoms with Crippen molar-refractivity contribution in [1.29, 1.82) is 0 Å². The van der Waals surface area contributed by atoms with Gasteiger partial charge in [0.1, 0.15) is 11.6 Å². The molecule has 0 aliphatic heterocycles. The molecule has 6 heteroatoms. The Bertz CT molecular complexity index is 999. The number of carboxylic acid groups (broad SMARTS) is 1. The summed E-state index contributed by atoms with van der Waals surface area (Å²) in [5, 5.41) is 10.0. The van der Waals surface area contributed by atoms with Crippen molar-refractivity contribution >= 4 is 28.6 Å². The molecule has 4 rings (SSSR count). The van der Waals surface area contributed by atoms with Crippen LogP contribution in [0.3, 0.4) is 0 Å². The first-order valence-electron chi connectivity index (χ1n) is 8.51. The smallest absolute Gasteiger partial charge is 0.304 e. The second-order valence-corrected chi connectivity index (χ2v) is 7.55. The minimum Gasteiger partial charge on any atom is -0.481 e. The van der Waals surface area contributed by atoms with Crippen LogP contribution in [0.25, 0.3) is 11.0 Å². The van der Waals surface area contributed by atoms with Crippen LogP contribution in [-0.2, 0) is 16.8 Å². The van der Waals surface area contributed by atoms with Gasteiger partial charge in [-0.3, -0.25) is 4.79 Å². The van der Waals surface area contributed by atoms with Gasteiger partial charge in [0.25, 0.3) is 0 Å². The molecule has 4 nitrogen and oxygen atoms in total. The highest BCUT2D eigenvalue weighted by Gasteiger charge is 2.56. The normalized spacial score (nSPS) is 21.9. The Hall–Kier alpha value is -2.40. The second-order valence-electron chi connectivity index (χ2n) is 7.11. The summed E-state index contributed by atoms with van der Waals surface area (Å²) < 4.78 is 15.7. The molecule has 0 spiro atoms. The topological polar surface area (TPSA) is 55.1 Å². The molecule has 1 saturated carbocycles. The van der Waals surface area contributed by atoms with Crippen molar-refractivity contribution in [2.24, 2.45) is 5.92 Å². The van der Waals surface area contributed by atoms with Crippen LogP contribution in [-0.4, -0.2) is 20.6 Å². The van der Waals surface area contributed by atoms with E-state index in [1.165, 1.54) is 12.1 Å². The van der Waals surface area contributed by atoms with Gasteiger partial charge in [0, 0.05) is 23.0 Å². The van der Waals surface area contributed by atoms with E-state index in [9.17, 15) is 14.3 Å². The Morgan fingerprint density at radius 1 is 1.35 bits per heavy atom. The lowest BCUT2D eigenvalue weighted by Gasteiger charge is -2.17. The third-order valence-electron chi connectivity index (χ3n) is 5.33. The Morgan fingerprint density at radius 3 is 2.65 bits per heavy atom. The van der Waals surface area contributed by atoms with Gasteiger partial charge in [0.05, 0.1) is 17.5 Å². The highest BCUT2D eigenvalue weighted by Crippen LogP contribution is 2.56. The number of hydrogen-bond donors (Lipinski definition) is 1. The predicted octanol–water partition coefficient (Wildman–Crippen LogP) is 4.63. The molecule has 26 heavy (non-hydrogen) atoms. The number of carbonyl (C=O) groups is 1. The Labute approximate surface area is 155 Å². The van der Waals surface area contributed by atoms with Crippen molar-refractivity contribution in [3.63, 3.8) is 0 Å². The monoisotopic (exact) mass is 372 g/mol. The molecule has 2 unspecified atom stereocenters. The van der Waals surface area contributed by atoms with Gasteiger partial charge in [-0.05, 0) is 42.2 Å². The Kier molecular flexibility index (Phi) is 3.99. The third kappa shape index (κ3) is 2.86. The molecule has 1 N–H and O–H groups in total. The predicted molar refractivity (Wildman–Crippen MR) is 98.0 cm³/mol. The van der Waals surface area contributed by atoms with E-state index >= 15 is 0 Å². The molecule has 1 heterocycles. The zero-order valence-electron chi connectivity index (χ0n) is 14.2. The van der Waals surface area contributed by atoms with Crippen molar-refractivity contribution < 1.29 is 14.3 Å². The van der Waals surface area contributed by atoms with E-state index in [1.807, 2.05) is 35.8 Å². The van der Waals surface area contributed by atoms with Gasteiger partial charge in [0.15, 0.2) is 0 Å². The first-order valence-corrected chi connectivity index (χ1v) is 8.89. The average Bonchev–Trinajstić information content (AvgIpc) is 3.07. The molecule has 1 aromatic heterocycles. The van der Waals surface area contributed by atoms with E-state index in [-0.39, 0.29) is 18.2 Å². The number of aliphatic carboxylic acids is 1. The van der Waals surface area contributed by atoms with Crippen LogP contribution >= 0.6 is 11.6 Å². The molecule has 0 saturated heterocycles. The Balaban J connectivity index is 1.86. The third-order valence-corrected chi connectivity index (χ3v) is 5.58. The first kappa shape index (κ1) is 17.0. The largest absolute Gasteiger partial charge is 0.481 e. The number of nitrogens with zero attached hydrogens (tertiary/aromatic N) is 2. The molecule has 134 valence electrons. The fourth-order valence-corrected chi connectivity index (χ4v) is 3.94. The Morgan fingerprint density at radius 2 is 2.04 bits per heavy atom. The maximum absolute atomic E-state index is 13.7. The lowest BCUT2D eigenvalue weighted by molar-refractivity contribution is -0.137. The molecule has 0 amide bonds. The molecular weight excluding hydrogens is 355 g/mol. The average molecular weight is 373 g/mol.